The summed E-state index contributed by atoms with van der Waals surface area (Å²) in [6.07, 6.45) is 2.24. The van der Waals surface area contributed by atoms with Crippen LogP contribution in [0.5, 0.6) is 0 Å². The standard InChI is InChI=1S/C8H13NOS2/c1-2-11-6-7(10)5-8-9-3-4-12-8/h3-4,7,10H,2,5-6H2,1H3. The minimum atomic E-state index is -0.235. The minimum absolute atomic E-state index is 0.235. The zero-order valence-electron chi connectivity index (χ0n) is 7.06. The van der Waals surface area contributed by atoms with Crippen molar-refractivity contribution in [2.24, 2.45) is 0 Å². The average Bonchev–Trinajstić information content (AvgIpc) is 2.53. The van der Waals surface area contributed by atoms with E-state index in [2.05, 4.69) is 11.9 Å². The molecule has 4 heteroatoms. The number of thioether (sulfide) groups is 1. The largest absolute Gasteiger partial charge is 0.392 e. The summed E-state index contributed by atoms with van der Waals surface area (Å²) in [5.41, 5.74) is 0. The first kappa shape index (κ1) is 10.0. The molecule has 68 valence electrons. The van der Waals surface area contributed by atoms with Crippen LogP contribution in [0.2, 0.25) is 0 Å². The molecule has 0 saturated carbocycles. The van der Waals surface area contributed by atoms with E-state index in [-0.39, 0.29) is 6.10 Å². The summed E-state index contributed by atoms with van der Waals surface area (Å²) in [7, 11) is 0. The fourth-order valence-corrected chi connectivity index (χ4v) is 2.18. The highest BCUT2D eigenvalue weighted by Crippen LogP contribution is 2.10. The molecule has 1 aromatic heterocycles. The van der Waals surface area contributed by atoms with Crippen LogP contribution in [0.15, 0.2) is 11.6 Å². The molecule has 0 aliphatic rings. The van der Waals surface area contributed by atoms with Crippen molar-refractivity contribution in [2.45, 2.75) is 19.4 Å². The molecule has 0 aliphatic heterocycles. The molecule has 1 heterocycles. The number of aliphatic hydroxyl groups excluding tert-OH is 1. The van der Waals surface area contributed by atoms with Crippen molar-refractivity contribution < 1.29 is 5.11 Å². The maximum atomic E-state index is 9.50. The van der Waals surface area contributed by atoms with Gasteiger partial charge in [-0.3, -0.25) is 0 Å². The van der Waals surface area contributed by atoms with E-state index in [4.69, 9.17) is 0 Å². The Bertz CT molecular complexity index is 201. The summed E-state index contributed by atoms with van der Waals surface area (Å²) in [6.45, 7) is 2.10. The van der Waals surface area contributed by atoms with Gasteiger partial charge in [0.1, 0.15) is 0 Å². The van der Waals surface area contributed by atoms with Crippen LogP contribution in [0.1, 0.15) is 11.9 Å². The highest BCUT2D eigenvalue weighted by Gasteiger charge is 2.06. The van der Waals surface area contributed by atoms with E-state index < -0.39 is 0 Å². The van der Waals surface area contributed by atoms with Crippen LogP contribution in [-0.4, -0.2) is 27.7 Å². The lowest BCUT2D eigenvalue weighted by molar-refractivity contribution is 0.200. The fourth-order valence-electron chi connectivity index (χ4n) is 0.868. The summed E-state index contributed by atoms with van der Waals surface area (Å²) in [4.78, 5) is 4.11. The second kappa shape index (κ2) is 5.56. The molecule has 1 aromatic rings. The van der Waals surface area contributed by atoms with Crippen LogP contribution >= 0.6 is 23.1 Å². The first-order valence-electron chi connectivity index (χ1n) is 3.97. The number of hydrogen-bond donors (Lipinski definition) is 1. The van der Waals surface area contributed by atoms with Gasteiger partial charge < -0.3 is 5.11 Å². The van der Waals surface area contributed by atoms with Gasteiger partial charge >= 0.3 is 0 Å². The monoisotopic (exact) mass is 203 g/mol. The van der Waals surface area contributed by atoms with Crippen LogP contribution in [0, 0.1) is 0 Å². The van der Waals surface area contributed by atoms with Gasteiger partial charge in [0.05, 0.1) is 11.1 Å². The maximum Gasteiger partial charge on any atom is 0.0950 e. The Balaban J connectivity index is 2.22. The molecule has 1 N–H and O–H groups in total. The molecule has 0 bridgehead atoms. The molecule has 0 aromatic carbocycles. The summed E-state index contributed by atoms with van der Waals surface area (Å²) in [5, 5.41) is 12.5. The lowest BCUT2D eigenvalue weighted by atomic mass is 10.3. The summed E-state index contributed by atoms with van der Waals surface area (Å²) in [5.74, 6) is 1.88. The Kier molecular flexibility index (Phi) is 4.65. The smallest absolute Gasteiger partial charge is 0.0950 e. The number of aliphatic hydroxyl groups is 1. The lowest BCUT2D eigenvalue weighted by Crippen LogP contribution is -2.13. The number of thiazole rings is 1. The van der Waals surface area contributed by atoms with Crippen molar-refractivity contribution in [1.82, 2.24) is 4.98 Å². The van der Waals surface area contributed by atoms with Crippen molar-refractivity contribution in [2.75, 3.05) is 11.5 Å². The summed E-state index contributed by atoms with van der Waals surface area (Å²) in [6, 6.07) is 0. The van der Waals surface area contributed by atoms with Crippen molar-refractivity contribution in [3.63, 3.8) is 0 Å². The Morgan fingerprint density at radius 3 is 3.17 bits per heavy atom. The van der Waals surface area contributed by atoms with Gasteiger partial charge in [-0.2, -0.15) is 11.8 Å². The van der Waals surface area contributed by atoms with Crippen LogP contribution in [0.4, 0.5) is 0 Å². The van der Waals surface area contributed by atoms with Crippen molar-refractivity contribution in [3.05, 3.63) is 16.6 Å². The van der Waals surface area contributed by atoms with Crippen molar-refractivity contribution >= 4 is 23.1 Å². The van der Waals surface area contributed by atoms with E-state index in [1.807, 2.05) is 5.38 Å². The predicted octanol–water partition coefficient (Wildman–Crippen LogP) is 1.80. The zero-order chi connectivity index (χ0) is 8.81. The molecule has 2 nitrogen and oxygen atoms in total. The number of aromatic nitrogens is 1. The van der Waals surface area contributed by atoms with E-state index in [1.165, 1.54) is 0 Å². The third kappa shape index (κ3) is 3.56. The van der Waals surface area contributed by atoms with E-state index >= 15 is 0 Å². The lowest BCUT2D eigenvalue weighted by Gasteiger charge is -2.06. The molecule has 1 rings (SSSR count). The maximum absolute atomic E-state index is 9.50. The van der Waals surface area contributed by atoms with Crippen molar-refractivity contribution in [1.29, 1.82) is 0 Å². The average molecular weight is 203 g/mol. The molecule has 1 atom stereocenters. The van der Waals surface area contributed by atoms with Crippen molar-refractivity contribution in [3.8, 4) is 0 Å². The summed E-state index contributed by atoms with van der Waals surface area (Å²) < 4.78 is 0. The van der Waals surface area contributed by atoms with Crippen LogP contribution in [0.25, 0.3) is 0 Å². The summed E-state index contributed by atoms with van der Waals surface area (Å²) >= 11 is 3.37. The molecule has 0 spiro atoms. The van der Waals surface area contributed by atoms with Gasteiger partial charge in [-0.05, 0) is 5.75 Å². The first-order chi connectivity index (χ1) is 5.83. The van der Waals surface area contributed by atoms with Gasteiger partial charge in [0, 0.05) is 23.8 Å². The second-order valence-corrected chi connectivity index (χ2v) is 4.74. The Morgan fingerprint density at radius 2 is 2.58 bits per heavy atom. The molecule has 0 amide bonds. The Hall–Kier alpha value is -0.0600. The molecule has 0 aliphatic carbocycles. The van der Waals surface area contributed by atoms with Gasteiger partial charge in [0.15, 0.2) is 0 Å². The quantitative estimate of drug-likeness (QED) is 0.792. The Morgan fingerprint density at radius 1 is 1.75 bits per heavy atom. The third-order valence-corrected chi connectivity index (χ3v) is 3.24. The van der Waals surface area contributed by atoms with E-state index in [1.54, 1.807) is 29.3 Å². The molecule has 0 radical (unpaired) electrons. The molecular formula is C8H13NOS2. The highest BCUT2D eigenvalue weighted by molar-refractivity contribution is 7.99. The van der Waals surface area contributed by atoms with Gasteiger partial charge in [-0.25, -0.2) is 4.98 Å². The molecular weight excluding hydrogens is 190 g/mol. The van der Waals surface area contributed by atoms with Gasteiger partial charge in [0.2, 0.25) is 0 Å². The molecule has 0 saturated heterocycles. The third-order valence-electron chi connectivity index (χ3n) is 1.41. The van der Waals surface area contributed by atoms with E-state index in [0.717, 1.165) is 16.5 Å². The number of nitrogens with zero attached hydrogens (tertiary/aromatic N) is 1. The van der Waals surface area contributed by atoms with Crippen LogP contribution in [-0.2, 0) is 6.42 Å². The SMILES string of the molecule is CCSCC(O)Cc1nccs1. The topological polar surface area (TPSA) is 33.1 Å². The van der Waals surface area contributed by atoms with Gasteiger partial charge in [-0.1, -0.05) is 6.92 Å². The number of hydrogen-bond acceptors (Lipinski definition) is 4. The predicted molar refractivity (Wildman–Crippen MR) is 54.8 cm³/mol. The normalized spacial score (nSPS) is 13.2. The molecule has 0 fully saturated rings. The fraction of sp³-hybridized carbons (Fsp3) is 0.625. The zero-order valence-corrected chi connectivity index (χ0v) is 8.70. The minimum Gasteiger partial charge on any atom is -0.392 e. The van der Waals surface area contributed by atoms with E-state index in [0.29, 0.717) is 6.42 Å². The molecule has 1 unspecified atom stereocenters. The molecule has 12 heavy (non-hydrogen) atoms. The Labute approximate surface area is 81.0 Å². The van der Waals surface area contributed by atoms with Crippen LogP contribution in [0.3, 0.4) is 0 Å². The van der Waals surface area contributed by atoms with E-state index in [9.17, 15) is 5.11 Å². The van der Waals surface area contributed by atoms with Crippen LogP contribution < -0.4 is 0 Å². The number of rotatable bonds is 5. The first-order valence-corrected chi connectivity index (χ1v) is 6.00. The second-order valence-electron chi connectivity index (χ2n) is 2.44. The highest BCUT2D eigenvalue weighted by atomic mass is 32.2. The van der Waals surface area contributed by atoms with Gasteiger partial charge in [-0.15, -0.1) is 11.3 Å². The van der Waals surface area contributed by atoms with Gasteiger partial charge in [0.25, 0.3) is 0 Å².